The van der Waals surface area contributed by atoms with E-state index >= 15 is 0 Å². The number of anilines is 1. The van der Waals surface area contributed by atoms with E-state index in [2.05, 4.69) is 5.32 Å². The van der Waals surface area contributed by atoms with Crippen molar-refractivity contribution < 1.29 is 17.9 Å². The molecule has 1 atom stereocenters. The number of methoxy groups -OCH3 is 1. The summed E-state index contributed by atoms with van der Waals surface area (Å²) in [6.07, 6.45) is 0.246. The van der Waals surface area contributed by atoms with Crippen LogP contribution in [0.25, 0.3) is 0 Å². The van der Waals surface area contributed by atoms with E-state index < -0.39 is 9.84 Å². The van der Waals surface area contributed by atoms with Gasteiger partial charge in [0, 0.05) is 27.6 Å². The predicted octanol–water partition coefficient (Wildman–Crippen LogP) is 4.72. The lowest BCUT2D eigenvalue weighted by Crippen LogP contribution is -2.23. The first-order valence-corrected chi connectivity index (χ1v) is 11.2. The minimum absolute atomic E-state index is 0.109. The lowest BCUT2D eigenvalue weighted by atomic mass is 9.91. The highest BCUT2D eigenvalue weighted by Crippen LogP contribution is 2.46. The number of hydrogen-bond acceptors (Lipinski definition) is 5. The Morgan fingerprint density at radius 3 is 2.61 bits per heavy atom. The summed E-state index contributed by atoms with van der Waals surface area (Å²) in [7, 11) is -2.27. The van der Waals surface area contributed by atoms with Crippen LogP contribution in [-0.2, 0) is 14.6 Å². The van der Waals surface area contributed by atoms with E-state index in [0.29, 0.717) is 16.5 Å². The molecule has 0 aliphatic carbocycles. The van der Waals surface area contributed by atoms with Crippen LogP contribution in [-0.4, -0.2) is 21.4 Å². The molecule has 28 heavy (non-hydrogen) atoms. The zero-order chi connectivity index (χ0) is 19.9. The summed E-state index contributed by atoms with van der Waals surface area (Å²) in [5.41, 5.74) is 1.25. The van der Waals surface area contributed by atoms with Gasteiger partial charge in [-0.25, -0.2) is 8.42 Å². The molecule has 0 bridgehead atoms. The number of fused-ring (bicyclic) bond motifs is 1. The third kappa shape index (κ3) is 3.30. The van der Waals surface area contributed by atoms with Crippen LogP contribution in [0.2, 0.25) is 5.02 Å². The van der Waals surface area contributed by atoms with Crippen molar-refractivity contribution in [2.45, 2.75) is 22.1 Å². The first-order chi connectivity index (χ1) is 13.4. The Bertz CT molecular complexity index is 1150. The molecule has 4 rings (SSSR count). The van der Waals surface area contributed by atoms with Crippen molar-refractivity contribution >= 4 is 44.4 Å². The van der Waals surface area contributed by atoms with Gasteiger partial charge in [0.05, 0.1) is 17.7 Å². The maximum Gasteiger partial charge on any atom is 0.225 e. The summed E-state index contributed by atoms with van der Waals surface area (Å²) >= 11 is 7.44. The molecule has 0 unspecified atom stereocenters. The van der Waals surface area contributed by atoms with Crippen LogP contribution in [0, 0.1) is 0 Å². The fraction of sp³-hybridized carbons (Fsp3) is 0.150. The van der Waals surface area contributed by atoms with Crippen molar-refractivity contribution in [2.75, 3.05) is 12.4 Å². The monoisotopic (exact) mass is 433 g/mol. The summed E-state index contributed by atoms with van der Waals surface area (Å²) in [6.45, 7) is 0. The first-order valence-electron chi connectivity index (χ1n) is 8.46. The summed E-state index contributed by atoms with van der Waals surface area (Å²) in [4.78, 5) is 13.4. The van der Waals surface area contributed by atoms with E-state index in [-0.39, 0.29) is 28.0 Å². The lowest BCUT2D eigenvalue weighted by Gasteiger charge is -2.24. The Balaban J connectivity index is 1.80. The molecule has 3 aromatic rings. The molecular formula is C20H16ClNO4S2. The van der Waals surface area contributed by atoms with Gasteiger partial charge in [-0.2, -0.15) is 0 Å². The topological polar surface area (TPSA) is 72.5 Å². The lowest BCUT2D eigenvalue weighted by molar-refractivity contribution is -0.116. The largest absolute Gasteiger partial charge is 0.497 e. The molecular weight excluding hydrogens is 418 g/mol. The molecule has 1 amide bonds. The minimum Gasteiger partial charge on any atom is -0.497 e. The van der Waals surface area contributed by atoms with Crippen molar-refractivity contribution in [3.63, 3.8) is 0 Å². The molecule has 1 aromatic heterocycles. The van der Waals surface area contributed by atoms with Crippen LogP contribution in [0.4, 0.5) is 5.69 Å². The molecule has 0 radical (unpaired) electrons. The zero-order valence-corrected chi connectivity index (χ0v) is 17.2. The summed E-state index contributed by atoms with van der Waals surface area (Å²) < 4.78 is 31.4. The third-order valence-corrected chi connectivity index (χ3v) is 7.94. The van der Waals surface area contributed by atoms with Crippen molar-refractivity contribution in [1.29, 1.82) is 0 Å². The molecule has 0 saturated heterocycles. The number of halogens is 1. The SMILES string of the molecule is COc1ccc(S(=O)(=O)c2csc3c2NC(=O)C[C@@H]3c2cccc(Cl)c2)cc1. The van der Waals surface area contributed by atoms with Gasteiger partial charge in [0.25, 0.3) is 0 Å². The van der Waals surface area contributed by atoms with Crippen LogP contribution < -0.4 is 10.1 Å². The van der Waals surface area contributed by atoms with Crippen molar-refractivity contribution in [3.05, 3.63) is 69.4 Å². The highest BCUT2D eigenvalue weighted by Gasteiger charge is 2.34. The molecule has 0 spiro atoms. The smallest absolute Gasteiger partial charge is 0.225 e. The second kappa shape index (κ2) is 7.24. The number of carbonyl (C=O) groups excluding carboxylic acids is 1. The van der Waals surface area contributed by atoms with Crippen molar-refractivity contribution in [1.82, 2.24) is 0 Å². The second-order valence-corrected chi connectivity index (χ2v) is 9.64. The number of amides is 1. The fourth-order valence-electron chi connectivity index (χ4n) is 3.28. The van der Waals surface area contributed by atoms with E-state index in [1.807, 2.05) is 18.2 Å². The Labute approximate surface area is 171 Å². The van der Waals surface area contributed by atoms with E-state index in [0.717, 1.165) is 10.4 Å². The van der Waals surface area contributed by atoms with Crippen LogP contribution in [0.15, 0.2) is 63.7 Å². The summed E-state index contributed by atoms with van der Waals surface area (Å²) in [5.74, 6) is 0.120. The van der Waals surface area contributed by atoms with Gasteiger partial charge in [-0.3, -0.25) is 4.79 Å². The third-order valence-electron chi connectivity index (χ3n) is 4.67. The van der Waals surface area contributed by atoms with Gasteiger partial charge in [-0.1, -0.05) is 23.7 Å². The van der Waals surface area contributed by atoms with Gasteiger partial charge < -0.3 is 10.1 Å². The highest BCUT2D eigenvalue weighted by atomic mass is 35.5. The molecule has 2 aromatic carbocycles. The maximum absolute atomic E-state index is 13.2. The minimum atomic E-state index is -3.79. The second-order valence-electron chi connectivity index (χ2n) is 6.38. The van der Waals surface area contributed by atoms with Crippen LogP contribution in [0.1, 0.15) is 22.8 Å². The van der Waals surface area contributed by atoms with E-state index in [1.165, 1.54) is 30.6 Å². The molecule has 1 aliphatic rings. The molecule has 2 heterocycles. The number of thiophene rings is 1. The summed E-state index contributed by atoms with van der Waals surface area (Å²) in [5, 5.41) is 4.92. The highest BCUT2D eigenvalue weighted by molar-refractivity contribution is 7.91. The van der Waals surface area contributed by atoms with E-state index in [9.17, 15) is 13.2 Å². The zero-order valence-electron chi connectivity index (χ0n) is 14.8. The average molecular weight is 434 g/mol. The molecule has 0 fully saturated rings. The number of ether oxygens (including phenoxy) is 1. The fourth-order valence-corrected chi connectivity index (χ4v) is 6.38. The quantitative estimate of drug-likeness (QED) is 0.646. The normalized spacial score (nSPS) is 16.4. The van der Waals surface area contributed by atoms with Gasteiger partial charge in [0.2, 0.25) is 15.7 Å². The molecule has 1 aliphatic heterocycles. The molecule has 144 valence electrons. The number of carbonyl (C=O) groups is 1. The molecule has 1 N–H and O–H groups in total. The Morgan fingerprint density at radius 2 is 1.93 bits per heavy atom. The Hall–Kier alpha value is -2.35. The number of nitrogens with one attached hydrogen (secondary N) is 1. The number of rotatable bonds is 4. The number of hydrogen-bond donors (Lipinski definition) is 1. The maximum atomic E-state index is 13.2. The van der Waals surface area contributed by atoms with Crippen molar-refractivity contribution in [2.24, 2.45) is 0 Å². The van der Waals surface area contributed by atoms with Crippen LogP contribution in [0.3, 0.4) is 0 Å². The average Bonchev–Trinajstić information content (AvgIpc) is 3.12. The first kappa shape index (κ1) is 19.0. The number of sulfone groups is 1. The summed E-state index contributed by atoms with van der Waals surface area (Å²) in [6, 6.07) is 13.5. The molecule has 0 saturated carbocycles. The predicted molar refractivity (Wildman–Crippen MR) is 109 cm³/mol. The van der Waals surface area contributed by atoms with Gasteiger partial charge >= 0.3 is 0 Å². The van der Waals surface area contributed by atoms with Gasteiger partial charge in [0.1, 0.15) is 10.6 Å². The van der Waals surface area contributed by atoms with Gasteiger partial charge in [-0.15, -0.1) is 11.3 Å². The molecule has 5 nitrogen and oxygen atoms in total. The van der Waals surface area contributed by atoms with Crippen LogP contribution in [0.5, 0.6) is 5.75 Å². The van der Waals surface area contributed by atoms with E-state index in [4.69, 9.17) is 16.3 Å². The Morgan fingerprint density at radius 1 is 1.18 bits per heavy atom. The Kier molecular flexibility index (Phi) is 4.91. The standard InChI is InChI=1S/C20H16ClNO4S2/c1-26-14-5-7-15(8-6-14)28(24,25)17-11-27-20-16(10-18(23)22-19(17)20)12-3-2-4-13(21)9-12/h2-9,11,16H,10H2,1H3,(H,22,23)/t16-/m1/s1. The van der Waals surface area contributed by atoms with Crippen LogP contribution >= 0.6 is 22.9 Å². The van der Waals surface area contributed by atoms with E-state index in [1.54, 1.807) is 23.6 Å². The van der Waals surface area contributed by atoms with Crippen molar-refractivity contribution in [3.8, 4) is 5.75 Å². The number of benzene rings is 2. The van der Waals surface area contributed by atoms with Gasteiger partial charge in [-0.05, 0) is 42.0 Å². The van der Waals surface area contributed by atoms with Gasteiger partial charge in [0.15, 0.2) is 0 Å². The molecule has 8 heteroatoms.